The number of pyridine rings is 1. The van der Waals surface area contributed by atoms with Crippen molar-refractivity contribution in [2.45, 2.75) is 13.8 Å². The standard InChI is InChI=1S/C15H15N/c1-4-5-6-14-11(2)7-9-13-10-8-12(3)16-15(13)14/h4-10H,1H2,2-3H3/b6-5-. The molecule has 0 aliphatic carbocycles. The lowest BCUT2D eigenvalue weighted by Gasteiger charge is -2.06. The van der Waals surface area contributed by atoms with E-state index in [4.69, 9.17) is 0 Å². The molecule has 0 saturated heterocycles. The maximum Gasteiger partial charge on any atom is 0.0780 e. The van der Waals surface area contributed by atoms with Gasteiger partial charge in [-0.1, -0.05) is 43.0 Å². The Morgan fingerprint density at radius 3 is 2.62 bits per heavy atom. The van der Waals surface area contributed by atoms with E-state index in [2.05, 4.69) is 42.8 Å². The average Bonchev–Trinajstić information content (AvgIpc) is 2.28. The van der Waals surface area contributed by atoms with E-state index in [0.29, 0.717) is 0 Å². The van der Waals surface area contributed by atoms with Gasteiger partial charge in [-0.25, -0.2) is 0 Å². The summed E-state index contributed by atoms with van der Waals surface area (Å²) >= 11 is 0. The molecule has 1 heterocycles. The molecule has 2 aromatic rings. The van der Waals surface area contributed by atoms with E-state index in [0.717, 1.165) is 11.2 Å². The monoisotopic (exact) mass is 209 g/mol. The number of hydrogen-bond acceptors (Lipinski definition) is 1. The van der Waals surface area contributed by atoms with Crippen molar-refractivity contribution in [3.05, 3.63) is 59.8 Å². The molecule has 0 unspecified atom stereocenters. The van der Waals surface area contributed by atoms with E-state index in [1.54, 1.807) is 6.08 Å². The summed E-state index contributed by atoms with van der Waals surface area (Å²) in [7, 11) is 0. The van der Waals surface area contributed by atoms with Crippen LogP contribution in [0.15, 0.2) is 43.0 Å². The molecule has 2 rings (SSSR count). The van der Waals surface area contributed by atoms with Crippen LogP contribution in [-0.2, 0) is 0 Å². The lowest BCUT2D eigenvalue weighted by Crippen LogP contribution is -1.89. The summed E-state index contributed by atoms with van der Waals surface area (Å²) in [5, 5.41) is 1.18. The van der Waals surface area contributed by atoms with Crippen LogP contribution >= 0.6 is 0 Å². The summed E-state index contributed by atoms with van der Waals surface area (Å²) in [6.07, 6.45) is 5.80. The van der Waals surface area contributed by atoms with Gasteiger partial charge in [0.2, 0.25) is 0 Å². The summed E-state index contributed by atoms with van der Waals surface area (Å²) in [6, 6.07) is 8.39. The van der Waals surface area contributed by atoms with Crippen LogP contribution in [-0.4, -0.2) is 4.98 Å². The minimum atomic E-state index is 1.05. The summed E-state index contributed by atoms with van der Waals surface area (Å²) in [5.74, 6) is 0. The van der Waals surface area contributed by atoms with Gasteiger partial charge < -0.3 is 0 Å². The highest BCUT2D eigenvalue weighted by molar-refractivity contribution is 5.88. The van der Waals surface area contributed by atoms with Gasteiger partial charge in [-0.3, -0.25) is 4.98 Å². The molecule has 0 saturated carbocycles. The molecule has 16 heavy (non-hydrogen) atoms. The third kappa shape index (κ3) is 1.89. The Kier molecular flexibility index (Phi) is 2.86. The highest BCUT2D eigenvalue weighted by Crippen LogP contribution is 2.22. The highest BCUT2D eigenvalue weighted by atomic mass is 14.7. The van der Waals surface area contributed by atoms with Gasteiger partial charge in [0.25, 0.3) is 0 Å². The lowest BCUT2D eigenvalue weighted by molar-refractivity contribution is 1.25. The summed E-state index contributed by atoms with van der Waals surface area (Å²) in [6.45, 7) is 7.82. The number of aromatic nitrogens is 1. The predicted molar refractivity (Wildman–Crippen MR) is 70.4 cm³/mol. The maximum atomic E-state index is 4.60. The second-order valence-corrected chi connectivity index (χ2v) is 3.92. The zero-order chi connectivity index (χ0) is 11.5. The van der Waals surface area contributed by atoms with Gasteiger partial charge in [-0.05, 0) is 25.5 Å². The molecule has 1 aromatic heterocycles. The maximum absolute atomic E-state index is 4.60. The zero-order valence-corrected chi connectivity index (χ0v) is 9.70. The SMILES string of the molecule is C=C/C=C\c1c(C)ccc2ccc(C)nc12. The zero-order valence-electron chi connectivity index (χ0n) is 9.70. The van der Waals surface area contributed by atoms with Crippen LogP contribution in [0.2, 0.25) is 0 Å². The Balaban J connectivity index is 2.76. The van der Waals surface area contributed by atoms with Crippen LogP contribution in [0, 0.1) is 13.8 Å². The molecule has 0 amide bonds. The normalized spacial score (nSPS) is 11.1. The van der Waals surface area contributed by atoms with Crippen molar-refractivity contribution in [3.8, 4) is 0 Å². The molecule has 1 aromatic carbocycles. The van der Waals surface area contributed by atoms with E-state index in [1.165, 1.54) is 16.5 Å². The molecule has 0 aliphatic heterocycles. The molecule has 0 radical (unpaired) electrons. The quantitative estimate of drug-likeness (QED) is 0.680. The van der Waals surface area contributed by atoms with Gasteiger partial charge in [-0.2, -0.15) is 0 Å². The first-order valence-electron chi connectivity index (χ1n) is 5.38. The van der Waals surface area contributed by atoms with Gasteiger partial charge in [-0.15, -0.1) is 0 Å². The van der Waals surface area contributed by atoms with E-state index < -0.39 is 0 Å². The largest absolute Gasteiger partial charge is 0.252 e. The number of allylic oxidation sites excluding steroid dienone is 2. The molecule has 1 nitrogen and oxygen atoms in total. The summed E-state index contributed by atoms with van der Waals surface area (Å²) in [5.41, 5.74) is 4.54. The van der Waals surface area contributed by atoms with Gasteiger partial charge in [0.15, 0.2) is 0 Å². The fourth-order valence-corrected chi connectivity index (χ4v) is 1.78. The number of aryl methyl sites for hydroxylation is 2. The van der Waals surface area contributed by atoms with Crippen LogP contribution in [0.4, 0.5) is 0 Å². The Morgan fingerprint density at radius 1 is 1.12 bits per heavy atom. The third-order valence-electron chi connectivity index (χ3n) is 2.66. The Labute approximate surface area is 96.1 Å². The van der Waals surface area contributed by atoms with Crippen molar-refractivity contribution in [1.29, 1.82) is 0 Å². The second-order valence-electron chi connectivity index (χ2n) is 3.92. The molecule has 0 atom stereocenters. The molecule has 0 N–H and O–H groups in total. The Hall–Kier alpha value is -1.89. The first-order chi connectivity index (χ1) is 7.72. The average molecular weight is 209 g/mol. The minimum Gasteiger partial charge on any atom is -0.252 e. The summed E-state index contributed by atoms with van der Waals surface area (Å²) < 4.78 is 0. The van der Waals surface area contributed by atoms with Crippen LogP contribution in [0.3, 0.4) is 0 Å². The summed E-state index contributed by atoms with van der Waals surface area (Å²) in [4.78, 5) is 4.60. The highest BCUT2D eigenvalue weighted by Gasteiger charge is 2.03. The molecular formula is C15H15N. The first kappa shape index (κ1) is 10.6. The molecule has 0 fully saturated rings. The fourth-order valence-electron chi connectivity index (χ4n) is 1.78. The lowest BCUT2D eigenvalue weighted by atomic mass is 10.0. The number of rotatable bonds is 2. The predicted octanol–water partition coefficient (Wildman–Crippen LogP) is 4.05. The van der Waals surface area contributed by atoms with Gasteiger partial charge in [0, 0.05) is 16.6 Å². The van der Waals surface area contributed by atoms with Gasteiger partial charge in [0.05, 0.1) is 5.52 Å². The molecule has 1 heteroatoms. The second kappa shape index (κ2) is 4.31. The van der Waals surface area contributed by atoms with Crippen molar-refractivity contribution in [2.75, 3.05) is 0 Å². The van der Waals surface area contributed by atoms with Gasteiger partial charge in [0.1, 0.15) is 0 Å². The number of benzene rings is 1. The van der Waals surface area contributed by atoms with E-state index >= 15 is 0 Å². The smallest absolute Gasteiger partial charge is 0.0780 e. The van der Waals surface area contributed by atoms with Crippen LogP contribution in [0.5, 0.6) is 0 Å². The Morgan fingerprint density at radius 2 is 1.88 bits per heavy atom. The van der Waals surface area contributed by atoms with Crippen LogP contribution in [0.25, 0.3) is 17.0 Å². The van der Waals surface area contributed by atoms with Crippen molar-refractivity contribution in [3.63, 3.8) is 0 Å². The molecule has 80 valence electrons. The van der Waals surface area contributed by atoms with Crippen LogP contribution in [0.1, 0.15) is 16.8 Å². The van der Waals surface area contributed by atoms with E-state index in [-0.39, 0.29) is 0 Å². The van der Waals surface area contributed by atoms with Gasteiger partial charge >= 0.3 is 0 Å². The van der Waals surface area contributed by atoms with E-state index in [1.807, 2.05) is 19.1 Å². The van der Waals surface area contributed by atoms with Crippen molar-refractivity contribution < 1.29 is 0 Å². The first-order valence-corrected chi connectivity index (χ1v) is 5.38. The van der Waals surface area contributed by atoms with Crippen molar-refractivity contribution >= 4 is 17.0 Å². The topological polar surface area (TPSA) is 12.9 Å². The molecular weight excluding hydrogens is 194 g/mol. The van der Waals surface area contributed by atoms with Crippen molar-refractivity contribution in [1.82, 2.24) is 4.98 Å². The van der Waals surface area contributed by atoms with Crippen LogP contribution < -0.4 is 0 Å². The number of nitrogens with zero attached hydrogens (tertiary/aromatic N) is 1. The van der Waals surface area contributed by atoms with Crippen molar-refractivity contribution in [2.24, 2.45) is 0 Å². The minimum absolute atomic E-state index is 1.05. The third-order valence-corrected chi connectivity index (χ3v) is 2.66. The fraction of sp³-hybridized carbons (Fsp3) is 0.133. The molecule has 0 bridgehead atoms. The molecule has 0 aliphatic rings. The number of hydrogen-bond donors (Lipinski definition) is 0. The molecule has 0 spiro atoms. The Bertz CT molecular complexity index is 560. The number of fused-ring (bicyclic) bond motifs is 1. The van der Waals surface area contributed by atoms with E-state index in [9.17, 15) is 0 Å².